The van der Waals surface area contributed by atoms with Gasteiger partial charge in [-0.15, -0.1) is 0 Å². The van der Waals surface area contributed by atoms with Crippen LogP contribution in [0.1, 0.15) is 156 Å². The summed E-state index contributed by atoms with van der Waals surface area (Å²) in [6.45, 7) is 24.4. The van der Waals surface area contributed by atoms with Gasteiger partial charge in [0, 0.05) is 41.5 Å². The third-order valence-corrected chi connectivity index (χ3v) is 26.6. The number of nitrogens with zero attached hydrogens (tertiary/aromatic N) is 10. The Bertz CT molecular complexity index is 6110. The zero-order chi connectivity index (χ0) is 92.6. The Morgan fingerprint density at radius 2 is 0.474 bits per heavy atom. The second-order valence-corrected chi connectivity index (χ2v) is 36.9. The van der Waals surface area contributed by atoms with Crippen molar-refractivity contribution in [2.75, 3.05) is 38.2 Å². The van der Waals surface area contributed by atoms with Gasteiger partial charge >= 0.3 is 0 Å². The predicted molar refractivity (Wildman–Crippen MR) is 570 cm³/mol. The second-order valence-electron chi connectivity index (χ2n) is 34.3. The lowest BCUT2D eigenvalue weighted by Gasteiger charge is -2.30. The maximum Gasteiger partial charge on any atom is 0.148 e. The van der Waals surface area contributed by atoms with Crippen molar-refractivity contribution in [3.8, 4) is 11.5 Å². The number of ether oxygens (including phenoxy) is 2. The smallest absolute Gasteiger partial charge is 0.148 e. The fraction of sp³-hybridized carbons (Fsp3) is 0.195. The molecule has 0 spiro atoms. The van der Waals surface area contributed by atoms with Gasteiger partial charge in [-0.1, -0.05) is 328 Å². The van der Waals surface area contributed by atoms with Crippen LogP contribution in [0.15, 0.2) is 424 Å². The molecule has 5 heterocycles. The second kappa shape index (κ2) is 43.4. The van der Waals surface area contributed by atoms with Gasteiger partial charge in [0.2, 0.25) is 0 Å². The molecular formula is C118H113BrClIN10O2. The largest absolute Gasteiger partial charge is 0.497 e. The molecule has 12 nitrogen and oxygen atoms in total. The number of methoxy groups -OCH3 is 1. The van der Waals surface area contributed by atoms with E-state index in [1.807, 2.05) is 61.5 Å². The van der Waals surface area contributed by atoms with E-state index < -0.39 is 0 Å². The van der Waals surface area contributed by atoms with Gasteiger partial charge in [-0.3, -0.25) is 25.0 Å². The molecule has 0 N–H and O–H groups in total. The first-order valence-corrected chi connectivity index (χ1v) is 48.0. The molecule has 668 valence electrons. The monoisotopic (exact) mass is 1940 g/mol. The summed E-state index contributed by atoms with van der Waals surface area (Å²) >= 11 is 12.0. The molecule has 0 bridgehead atoms. The number of hydrogen-bond donors (Lipinski definition) is 0. The van der Waals surface area contributed by atoms with Gasteiger partial charge in [-0.2, -0.15) is 0 Å². The van der Waals surface area contributed by atoms with E-state index in [0.29, 0.717) is 6.61 Å². The molecule has 0 aromatic heterocycles. The number of hydrogen-bond acceptors (Lipinski definition) is 12. The van der Waals surface area contributed by atoms with Gasteiger partial charge < -0.3 is 34.0 Å². The van der Waals surface area contributed by atoms with Gasteiger partial charge in [0.05, 0.1) is 72.5 Å². The number of anilines is 5. The molecule has 0 saturated carbocycles. The van der Waals surface area contributed by atoms with Crippen LogP contribution in [0, 0.1) is 38.2 Å². The third kappa shape index (κ3) is 21.9. The summed E-state index contributed by atoms with van der Waals surface area (Å²) in [6, 6.07) is 139. The van der Waals surface area contributed by atoms with Crippen molar-refractivity contribution in [3.05, 3.63) is 491 Å². The van der Waals surface area contributed by atoms with Crippen molar-refractivity contribution in [2.24, 2.45) is 25.0 Å². The molecule has 0 fully saturated rings. The van der Waals surface area contributed by atoms with E-state index in [4.69, 9.17) is 46.0 Å². The quantitative estimate of drug-likeness (QED) is 0.0790. The Balaban J connectivity index is 0.000000121. The zero-order valence-electron chi connectivity index (χ0n) is 77.4. The van der Waals surface area contributed by atoms with Gasteiger partial charge in [0.15, 0.2) is 0 Å². The van der Waals surface area contributed by atoms with Crippen molar-refractivity contribution in [1.82, 2.24) is 0 Å². The number of rotatable bonds is 18. The summed E-state index contributed by atoms with van der Waals surface area (Å²) in [6.07, 6.45) is -0.119. The van der Waals surface area contributed by atoms with Crippen LogP contribution in [0.4, 0.5) is 28.4 Å². The van der Waals surface area contributed by atoms with Gasteiger partial charge in [-0.05, 0) is 276 Å². The molecule has 0 radical (unpaired) electrons. The highest BCUT2D eigenvalue weighted by Crippen LogP contribution is 2.45. The number of aliphatic imine (C=N–C) groups is 5. The summed E-state index contributed by atoms with van der Waals surface area (Å²) in [5.74, 6) is 1.76. The minimum absolute atomic E-state index is 0.00237. The summed E-state index contributed by atoms with van der Waals surface area (Å²) < 4.78 is 13.3. The lowest BCUT2D eigenvalue weighted by atomic mass is 10.0. The standard InChI is InChI=1S/C25H26N2O.C24H24N2O.C23H21BrN2.C23H21ClN2.C23H21IN2/c1-4-28-23-16-14-22(15-17-23)27-19(3)24(20-12-10-18(2)11-13-20)26-25(27)21-8-6-5-7-9-21;1-17-9-11-19(12-10-17)23-18(2)26(21-13-15-22(27-3)16-14-21)24(25-23)20-7-5-4-6-8-20;3*1-16-8-10-18(11-9-16)22-17(2)26(21-14-12-20(24)13-15-21)23(25-22)19-6-4-3-5-7-19/h5-17,19,25H,4H2,1-3H3;4-16,18,24H,1-3H3;3*3-15,17,23H,1-2H3. The first kappa shape index (κ1) is 93.0. The van der Waals surface area contributed by atoms with Crippen molar-refractivity contribution in [2.45, 2.75) is 137 Å². The number of benzene rings is 15. The van der Waals surface area contributed by atoms with Gasteiger partial charge in [0.1, 0.15) is 42.3 Å². The highest BCUT2D eigenvalue weighted by Gasteiger charge is 2.41. The fourth-order valence-electron chi connectivity index (χ4n) is 18.0. The maximum atomic E-state index is 6.10. The Morgan fingerprint density at radius 3 is 0.692 bits per heavy atom. The molecular weight excluding hydrogens is 1830 g/mol. The molecule has 5 aliphatic heterocycles. The minimum atomic E-state index is -0.0383. The summed E-state index contributed by atoms with van der Waals surface area (Å²) in [4.78, 5) is 37.7. The topological polar surface area (TPSA) is 96.5 Å². The van der Waals surface area contributed by atoms with E-state index in [-0.39, 0.29) is 61.0 Å². The van der Waals surface area contributed by atoms with Crippen LogP contribution in [-0.2, 0) is 0 Å². The van der Waals surface area contributed by atoms with Crippen LogP contribution in [0.3, 0.4) is 0 Å². The summed E-state index contributed by atoms with van der Waals surface area (Å²) in [5.41, 5.74) is 29.8. The molecule has 15 aromatic rings. The Hall–Kier alpha value is -13.3. The van der Waals surface area contributed by atoms with Gasteiger partial charge in [-0.25, -0.2) is 0 Å². The maximum absolute atomic E-state index is 6.10. The van der Waals surface area contributed by atoms with Gasteiger partial charge in [0.25, 0.3) is 0 Å². The van der Waals surface area contributed by atoms with Crippen LogP contribution < -0.4 is 34.0 Å². The Morgan fingerprint density at radius 1 is 0.271 bits per heavy atom. The molecule has 0 amide bonds. The predicted octanol–water partition coefficient (Wildman–Crippen LogP) is 29.4. The minimum Gasteiger partial charge on any atom is -0.497 e. The molecule has 5 aliphatic rings. The first-order valence-electron chi connectivity index (χ1n) is 45.8. The number of halogens is 3. The molecule has 0 aliphatic carbocycles. The summed E-state index contributed by atoms with van der Waals surface area (Å²) in [5, 5.41) is 0.747. The SMILES string of the molecule is CCOc1ccc(N2C(C)C(c3ccc(C)cc3)=NC2c2ccccc2)cc1.COc1ccc(N2C(C)C(c3ccc(C)cc3)=NC2c2ccccc2)cc1.Cc1ccc(C2=NC(c3ccccc3)N(c3ccc(Br)cc3)C2C)cc1.Cc1ccc(C2=NC(c3ccccc3)N(c3ccc(Cl)cc3)C2C)cc1.Cc1ccc(C2=NC(c3ccccc3)N(c3ccc(I)cc3)C2C)cc1. The third-order valence-electron chi connectivity index (χ3n) is 25.1. The van der Waals surface area contributed by atoms with Crippen molar-refractivity contribution >= 4 is 107 Å². The molecule has 10 atom stereocenters. The summed E-state index contributed by atoms with van der Waals surface area (Å²) in [7, 11) is 1.69. The van der Waals surface area contributed by atoms with Crippen molar-refractivity contribution in [1.29, 1.82) is 0 Å². The van der Waals surface area contributed by atoms with Crippen LogP contribution in [0.5, 0.6) is 11.5 Å². The van der Waals surface area contributed by atoms with E-state index >= 15 is 0 Å². The highest BCUT2D eigenvalue weighted by atomic mass is 127. The molecule has 15 aromatic carbocycles. The number of aryl methyl sites for hydroxylation is 5. The highest BCUT2D eigenvalue weighted by molar-refractivity contribution is 14.1. The Kier molecular flexibility index (Phi) is 30.4. The average Bonchev–Trinajstić information content (AvgIpc) is 1.65. The van der Waals surface area contributed by atoms with Crippen molar-refractivity contribution in [3.63, 3.8) is 0 Å². The van der Waals surface area contributed by atoms with Crippen LogP contribution >= 0.6 is 50.1 Å². The van der Waals surface area contributed by atoms with E-state index in [1.54, 1.807) is 7.11 Å². The van der Waals surface area contributed by atoms with Crippen LogP contribution in [0.25, 0.3) is 0 Å². The van der Waals surface area contributed by atoms with Crippen LogP contribution in [-0.4, -0.2) is 72.5 Å². The molecule has 10 unspecified atom stereocenters. The first-order chi connectivity index (χ1) is 64.7. The lowest BCUT2D eigenvalue weighted by Crippen LogP contribution is -2.35. The fourth-order valence-corrected chi connectivity index (χ4v) is 18.8. The molecule has 133 heavy (non-hydrogen) atoms. The molecule has 0 saturated heterocycles. The van der Waals surface area contributed by atoms with E-state index in [9.17, 15) is 0 Å². The Labute approximate surface area is 812 Å². The van der Waals surface area contributed by atoms with E-state index in [2.05, 4.69) is 472 Å². The normalized spacial score (nSPS) is 19.3. The molecule has 15 heteroatoms. The van der Waals surface area contributed by atoms with Crippen LogP contribution in [0.2, 0.25) is 5.02 Å². The molecule has 20 rings (SSSR count). The zero-order valence-corrected chi connectivity index (χ0v) is 81.9. The average molecular weight is 1950 g/mol. The van der Waals surface area contributed by atoms with Crippen molar-refractivity contribution < 1.29 is 9.47 Å². The lowest BCUT2D eigenvalue weighted by molar-refractivity contribution is 0.340. The van der Waals surface area contributed by atoms with E-state index in [1.165, 1.54) is 98.4 Å². The van der Waals surface area contributed by atoms with E-state index in [0.717, 1.165) is 66.6 Å².